The second-order valence-electron chi connectivity index (χ2n) is 37.6. The number of ether oxygens (including phenoxy) is 2. The van der Waals surface area contributed by atoms with Crippen LogP contribution in [0.3, 0.4) is 0 Å². The molecular formula is C95H108B3BrClF15N16O17. The quantitative estimate of drug-likeness (QED) is 0.0143. The first-order valence-corrected chi connectivity index (χ1v) is 46.9. The highest BCUT2D eigenvalue weighted by Crippen LogP contribution is 2.44. The SMILES string of the molecule is CC1(C)OB(B2OC(C)(C)C(C)(C)O2)OC1(C)C.CC[C@@H](Nc1cc(F)c(C(=O)N[C@@H](Cc2ccc(-c3nc(C)cn(C)c3=O)c3nccn23)C(=O)O)c(F)c1)C(F)(F)F.CC[C@@H](Nc1cc(F)c(C(=O)N[C@@H](Cc2ccc(B3OC(C)(C)C(C)(C)O3)c3nccn23)C(=O)OC)c(F)c1)C(F)(F)F.CC[C@@H](Nc1cc(F)c(C(=O)N[C@@H](Cc2ccc(Br)c3nccn23)C(=O)OC)c(F)c1)C(F)(F)F.Cc1cn(C)c(=O)c(Cl)n1. The number of pyridine rings is 3. The summed E-state index contributed by atoms with van der Waals surface area (Å²) in [5.74, 6) is -15.9. The Kier molecular flexibility index (Phi) is 36.6. The van der Waals surface area contributed by atoms with Crippen molar-refractivity contribution in [3.63, 3.8) is 0 Å². The van der Waals surface area contributed by atoms with Crippen LogP contribution < -0.4 is 48.5 Å². The predicted octanol–water partition coefficient (Wildman–Crippen LogP) is 15.7. The first-order chi connectivity index (χ1) is 68.6. The van der Waals surface area contributed by atoms with Gasteiger partial charge in [-0.2, -0.15) is 39.5 Å². The van der Waals surface area contributed by atoms with E-state index in [2.05, 4.69) is 56.8 Å². The molecule has 798 valence electrons. The number of carboxylic acid groups (broad SMARTS) is 1. The normalized spacial score (nSPS) is 16.5. The number of imidazole rings is 3. The molecule has 0 unspecified atom stereocenters. The van der Waals surface area contributed by atoms with Crippen LogP contribution in [0.5, 0.6) is 0 Å². The molecule has 148 heavy (non-hydrogen) atoms. The molecule has 3 aliphatic heterocycles. The Morgan fingerprint density at radius 1 is 0.453 bits per heavy atom. The van der Waals surface area contributed by atoms with Crippen molar-refractivity contribution in [2.24, 2.45) is 14.1 Å². The van der Waals surface area contributed by atoms with Crippen molar-refractivity contribution in [2.75, 3.05) is 30.2 Å². The molecule has 53 heteroatoms. The van der Waals surface area contributed by atoms with E-state index in [1.165, 1.54) is 71.2 Å². The van der Waals surface area contributed by atoms with Gasteiger partial charge in [0.1, 0.15) is 105 Å². The van der Waals surface area contributed by atoms with Crippen molar-refractivity contribution < 1.29 is 137 Å². The minimum atomic E-state index is -4.68. The van der Waals surface area contributed by atoms with Gasteiger partial charge in [-0.15, -0.1) is 0 Å². The fourth-order valence-corrected chi connectivity index (χ4v) is 16.0. The molecule has 3 amide bonds. The van der Waals surface area contributed by atoms with Gasteiger partial charge in [0.2, 0.25) is 0 Å². The average molecular weight is 2180 g/mol. The van der Waals surface area contributed by atoms with Crippen LogP contribution in [0.1, 0.15) is 183 Å². The number of hydrogen-bond donors (Lipinski definition) is 7. The number of halogens is 17. The molecule has 8 aromatic heterocycles. The summed E-state index contributed by atoms with van der Waals surface area (Å²) in [5, 5.41) is 22.4. The molecule has 33 nitrogen and oxygen atoms in total. The van der Waals surface area contributed by atoms with Gasteiger partial charge >= 0.3 is 57.6 Å². The number of amides is 3. The summed E-state index contributed by atoms with van der Waals surface area (Å²) in [6.45, 7) is 31.1. The van der Waals surface area contributed by atoms with E-state index >= 15 is 0 Å². The van der Waals surface area contributed by atoms with Crippen LogP contribution in [0.2, 0.25) is 5.15 Å². The monoisotopic (exact) mass is 2180 g/mol. The van der Waals surface area contributed by atoms with Crippen molar-refractivity contribution in [1.29, 1.82) is 0 Å². The molecule has 0 spiro atoms. The molecule has 0 radical (unpaired) electrons. The Balaban J connectivity index is 0.000000201. The van der Waals surface area contributed by atoms with E-state index in [-0.39, 0.29) is 75.7 Å². The Hall–Kier alpha value is -12.6. The smallest absolute Gasteiger partial charge is 0.480 e. The highest BCUT2D eigenvalue weighted by atomic mass is 79.9. The number of aromatic nitrogens is 10. The van der Waals surface area contributed by atoms with Crippen LogP contribution in [0.15, 0.2) is 136 Å². The molecule has 14 rings (SSSR count). The maximum atomic E-state index is 14.9. The minimum Gasteiger partial charge on any atom is -0.480 e. The summed E-state index contributed by atoms with van der Waals surface area (Å²) in [7, 11) is 3.70. The standard InChI is InChI=1S/C28H32BF5N4O5.C27H25F5N6O4.C22H20BrF5N4O3.C12H24B2O4.C6H7ClN2O/c1-7-21(28(32,33)34)36-15-12-18(30)22(19(31)13-15)24(39)37-20(25(40)41-6)14-16-8-9-17(23-35-10-11-38(16)23)29-42-26(2,3)27(4,5)43-29;1-4-20(27(30,31)32)35-14-9-17(28)21(18(29)10-14)24(39)36-19(26(41)42)11-15-5-6-16(23-33-7-8-38(15)23)22-25(40)37(3)12-13(2)34-22;1-3-17(22(26,27)28)30-11-8-14(24)18(15(25)9-11)20(33)31-16(21(34)35-2)10-12-4-5-13(23)19-29-6-7-32(12)19;1-9(2)10(3,4)16-13(15-9)14-17-11(5,6)12(7,8)18-14;1-4-3-9(2)6(10)5(7)8-4/h8-13,20-21,36H,7,14H2,1-6H3,(H,37,39);5-10,12,19-20,35H,4,11H2,1-3H3,(H,36,39)(H,41,42);4-9,16-17,30H,3,10H2,1-2H3,(H,31,33);1-8H3;3H,1-2H3/t20-,21+;19-,20+;16-,17+;;/m000../s1. The third kappa shape index (κ3) is 27.2. The lowest BCUT2D eigenvalue weighted by Gasteiger charge is -2.32. The number of benzene rings is 3. The highest BCUT2D eigenvalue weighted by Gasteiger charge is 2.64. The number of carbonyl (C=O) groups is 6. The number of carbonyl (C=O) groups excluding carboxylic acids is 5. The molecule has 0 bridgehead atoms. The predicted molar refractivity (Wildman–Crippen MR) is 520 cm³/mol. The number of anilines is 3. The summed E-state index contributed by atoms with van der Waals surface area (Å²) in [6.07, 6.45) is -3.38. The molecule has 3 aromatic carbocycles. The van der Waals surface area contributed by atoms with Crippen molar-refractivity contribution in [1.82, 2.24) is 63.2 Å². The van der Waals surface area contributed by atoms with E-state index in [4.69, 9.17) is 49.0 Å². The van der Waals surface area contributed by atoms with Gasteiger partial charge in [0.15, 0.2) is 10.8 Å². The van der Waals surface area contributed by atoms with Crippen molar-refractivity contribution >= 4 is 124 Å². The van der Waals surface area contributed by atoms with Gasteiger partial charge in [-0.1, -0.05) is 38.4 Å². The number of alkyl halides is 9. The van der Waals surface area contributed by atoms with Gasteiger partial charge in [0.05, 0.1) is 63.7 Å². The maximum Gasteiger partial charge on any atom is 0.498 e. The summed E-state index contributed by atoms with van der Waals surface area (Å²) in [5.41, 5.74) is -3.01. The second-order valence-corrected chi connectivity index (χ2v) is 38.8. The van der Waals surface area contributed by atoms with E-state index in [0.29, 0.717) is 86.0 Å². The topological polar surface area (TPSA) is 390 Å². The maximum absolute atomic E-state index is 14.9. The summed E-state index contributed by atoms with van der Waals surface area (Å²) in [6, 6.07) is 2.60. The molecule has 0 saturated carbocycles. The third-order valence-corrected chi connectivity index (χ3v) is 26.3. The first kappa shape index (κ1) is 117. The molecule has 11 heterocycles. The summed E-state index contributed by atoms with van der Waals surface area (Å²) >= 11 is 8.82. The van der Waals surface area contributed by atoms with E-state index < -0.39 is 204 Å². The molecule has 3 fully saturated rings. The zero-order valence-electron chi connectivity index (χ0n) is 83.9. The number of aryl methyl sites for hydroxylation is 4. The van der Waals surface area contributed by atoms with E-state index in [9.17, 15) is 109 Å². The van der Waals surface area contributed by atoms with Gasteiger partial charge in [-0.25, -0.2) is 65.6 Å². The van der Waals surface area contributed by atoms with Gasteiger partial charge in [0.25, 0.3) is 28.8 Å². The number of nitrogens with one attached hydrogen (secondary N) is 6. The average Bonchev–Trinajstić information content (AvgIpc) is 1.59. The van der Waals surface area contributed by atoms with Crippen molar-refractivity contribution in [3.8, 4) is 11.3 Å². The molecule has 3 aliphatic rings. The Morgan fingerprint density at radius 2 is 0.757 bits per heavy atom. The van der Waals surface area contributed by atoms with Crippen molar-refractivity contribution in [2.45, 2.75) is 245 Å². The van der Waals surface area contributed by atoms with E-state index in [1.54, 1.807) is 85.8 Å². The third-order valence-electron chi connectivity index (χ3n) is 25.4. The number of esters is 2. The largest absolute Gasteiger partial charge is 0.498 e. The lowest BCUT2D eigenvalue weighted by molar-refractivity contribution is -0.143. The Morgan fingerprint density at radius 3 is 1.10 bits per heavy atom. The Bertz CT molecular complexity index is 6710. The van der Waals surface area contributed by atoms with Crippen LogP contribution in [0, 0.1) is 48.8 Å². The number of aliphatic carboxylic acids is 1. The van der Waals surface area contributed by atoms with E-state index in [1.807, 2.05) is 99.0 Å². The number of fused-ring (bicyclic) bond motifs is 3. The van der Waals surface area contributed by atoms with Crippen LogP contribution in [0.25, 0.3) is 28.2 Å². The van der Waals surface area contributed by atoms with Crippen LogP contribution in [-0.2, 0) is 85.1 Å². The number of rotatable bonds is 27. The molecule has 11 aromatic rings. The van der Waals surface area contributed by atoms with Crippen LogP contribution >= 0.6 is 27.5 Å². The van der Waals surface area contributed by atoms with Gasteiger partial charge in [-0.3, -0.25) is 24.0 Å². The number of hydrogen-bond acceptors (Lipinski definition) is 24. The summed E-state index contributed by atoms with van der Waals surface area (Å²) < 4.78 is 260. The van der Waals surface area contributed by atoms with Gasteiger partial charge < -0.3 is 96.7 Å². The fourth-order valence-electron chi connectivity index (χ4n) is 15.3. The Labute approximate surface area is 852 Å². The number of carboxylic acids is 1. The molecule has 6 atom stereocenters. The zero-order chi connectivity index (χ0) is 110. The number of nitrogens with zero attached hydrogens (tertiary/aromatic N) is 10. The highest BCUT2D eigenvalue weighted by molar-refractivity contribution is 9.10. The minimum absolute atomic E-state index is 0.0301. The lowest BCUT2D eigenvalue weighted by Crippen LogP contribution is -2.44. The second kappa shape index (κ2) is 46.2. The molecule has 3 saturated heterocycles. The van der Waals surface area contributed by atoms with Crippen molar-refractivity contribution in [3.05, 3.63) is 233 Å². The lowest BCUT2D eigenvalue weighted by atomic mass is 9.49. The molecule has 0 aliphatic carbocycles. The van der Waals surface area contributed by atoms with Gasteiger partial charge in [-0.05, 0) is 199 Å². The molecule has 7 N–H and O–H groups in total. The zero-order valence-corrected chi connectivity index (χ0v) is 86.2. The van der Waals surface area contributed by atoms with Gasteiger partial charge in [0, 0.05) is 128 Å². The van der Waals surface area contributed by atoms with E-state index in [0.717, 1.165) is 19.9 Å². The van der Waals surface area contributed by atoms with Crippen LogP contribution in [-0.4, -0.2) is 212 Å². The van der Waals surface area contributed by atoms with Crippen LogP contribution in [0.4, 0.5) is 82.9 Å². The first-order valence-electron chi connectivity index (χ1n) is 45.7. The fraction of sp³-hybridized carbons (Fsp3) is 0.442. The summed E-state index contributed by atoms with van der Waals surface area (Å²) in [4.78, 5) is 120. The number of methoxy groups -OCH3 is 2. The molecular weight excluding hydrogens is 2070 g/mol.